The molecule has 1 aromatic heterocycles. The number of benzene rings is 2. The van der Waals surface area contributed by atoms with Crippen LogP contribution in [0, 0.1) is 0 Å². The summed E-state index contributed by atoms with van der Waals surface area (Å²) in [5, 5.41) is 19.7. The van der Waals surface area contributed by atoms with Gasteiger partial charge in [0, 0.05) is 43.5 Å². The first-order valence-corrected chi connectivity index (χ1v) is 12.7. The summed E-state index contributed by atoms with van der Waals surface area (Å²) in [5.41, 5.74) is 3.55. The third-order valence-corrected chi connectivity index (χ3v) is 6.22. The van der Waals surface area contributed by atoms with Gasteiger partial charge >= 0.3 is 0 Å². The lowest BCUT2D eigenvalue weighted by molar-refractivity contribution is -0.125. The second-order valence-corrected chi connectivity index (χ2v) is 9.22. The number of likely N-dealkylation sites (tertiary alicyclic amines) is 1. The van der Waals surface area contributed by atoms with Crippen molar-refractivity contribution in [2.24, 2.45) is 5.16 Å². The largest absolute Gasteiger partial charge is 0.491 e. The van der Waals surface area contributed by atoms with Gasteiger partial charge in [-0.1, -0.05) is 17.3 Å². The molecular weight excluding hydrogens is 514 g/mol. The molecule has 2 heterocycles. The van der Waals surface area contributed by atoms with Crippen LogP contribution in [0.3, 0.4) is 0 Å². The number of oxime groups is 1. The Morgan fingerprint density at radius 1 is 1.05 bits per heavy atom. The molecule has 1 fully saturated rings. The average molecular weight is 546 g/mol. The molecule has 1 saturated heterocycles. The molecule has 1 aliphatic heterocycles. The predicted octanol–water partition coefficient (Wildman–Crippen LogP) is 2.48. The molecule has 4 rings (SSSR count). The van der Waals surface area contributed by atoms with E-state index in [1.54, 1.807) is 48.8 Å². The third kappa shape index (κ3) is 7.41. The number of hydrogen-bond donors (Lipinski definition) is 3. The molecule has 11 nitrogen and oxygen atoms in total. The Bertz CT molecular complexity index is 1350. The quantitative estimate of drug-likeness (QED) is 0.332. The van der Waals surface area contributed by atoms with Gasteiger partial charge in [-0.25, -0.2) is 0 Å². The first kappa shape index (κ1) is 28.2. The highest BCUT2D eigenvalue weighted by atomic mass is 16.6. The van der Waals surface area contributed by atoms with E-state index in [4.69, 9.17) is 9.57 Å². The number of hydrogen-bond acceptors (Lipinski definition) is 8. The maximum atomic E-state index is 13.4. The third-order valence-electron chi connectivity index (χ3n) is 6.22. The van der Waals surface area contributed by atoms with Crippen molar-refractivity contribution in [3.63, 3.8) is 0 Å². The molecular formula is C29H31N5O6. The molecule has 2 atom stereocenters. The van der Waals surface area contributed by atoms with Crippen LogP contribution in [0.5, 0.6) is 5.75 Å². The summed E-state index contributed by atoms with van der Waals surface area (Å²) in [5.74, 6) is -0.402. The van der Waals surface area contributed by atoms with Crippen LogP contribution in [0.4, 0.5) is 5.69 Å². The number of pyridine rings is 1. The molecule has 0 spiro atoms. The number of nitrogens with one attached hydrogen (secondary N) is 2. The Morgan fingerprint density at radius 2 is 1.73 bits per heavy atom. The molecule has 0 bridgehead atoms. The number of carbonyl (C=O) groups excluding carboxylic acids is 3. The zero-order valence-electron chi connectivity index (χ0n) is 22.2. The maximum absolute atomic E-state index is 13.4. The van der Waals surface area contributed by atoms with E-state index in [2.05, 4.69) is 20.8 Å². The summed E-state index contributed by atoms with van der Waals surface area (Å²) in [6, 6.07) is 16.8. The number of carbonyl (C=O) groups is 3. The van der Waals surface area contributed by atoms with Crippen LogP contribution in [0.1, 0.15) is 23.7 Å². The van der Waals surface area contributed by atoms with Crippen LogP contribution in [-0.2, 0) is 14.4 Å². The maximum Gasteiger partial charge on any atom is 0.254 e. The molecule has 40 heavy (non-hydrogen) atoms. The van der Waals surface area contributed by atoms with E-state index in [1.165, 1.54) is 18.9 Å². The van der Waals surface area contributed by atoms with E-state index in [1.807, 2.05) is 24.3 Å². The number of rotatable bonds is 10. The van der Waals surface area contributed by atoms with Crippen LogP contribution in [0.25, 0.3) is 11.1 Å². The van der Waals surface area contributed by atoms with Crippen molar-refractivity contribution in [1.82, 2.24) is 15.2 Å². The van der Waals surface area contributed by atoms with Crippen molar-refractivity contribution in [2.45, 2.75) is 25.5 Å². The molecule has 2 aromatic carbocycles. The van der Waals surface area contributed by atoms with Gasteiger partial charge in [0.25, 0.3) is 5.91 Å². The Morgan fingerprint density at radius 3 is 2.38 bits per heavy atom. The Labute approximate surface area is 231 Å². The van der Waals surface area contributed by atoms with Crippen molar-refractivity contribution in [3.8, 4) is 16.9 Å². The lowest BCUT2D eigenvalue weighted by atomic mass is 10.0. The molecule has 208 valence electrons. The van der Waals surface area contributed by atoms with Crippen LogP contribution < -0.4 is 15.4 Å². The molecule has 0 saturated carbocycles. The van der Waals surface area contributed by atoms with E-state index >= 15 is 0 Å². The topological polar surface area (TPSA) is 142 Å². The Kier molecular flexibility index (Phi) is 9.42. The van der Waals surface area contributed by atoms with E-state index in [-0.39, 0.29) is 37.9 Å². The number of anilines is 1. The zero-order chi connectivity index (χ0) is 28.5. The number of amides is 3. The molecule has 3 aromatic rings. The summed E-state index contributed by atoms with van der Waals surface area (Å²) in [4.78, 5) is 48.0. The summed E-state index contributed by atoms with van der Waals surface area (Å²) in [6.45, 7) is 1.44. The van der Waals surface area contributed by atoms with E-state index in [9.17, 15) is 19.5 Å². The number of aliphatic hydroxyl groups excluding tert-OH is 1. The number of nitrogens with zero attached hydrogens (tertiary/aromatic N) is 3. The Hall–Kier alpha value is -4.77. The summed E-state index contributed by atoms with van der Waals surface area (Å²) < 4.78 is 5.58. The molecule has 3 N–H and O–H groups in total. The standard InChI is InChI=1S/C29H31N5O6/c1-19(35)32-23-7-9-26(10-8-23)40-18-25(36)16-31-28(37)27-15-24(33-39-2)17-34(27)29(38)22-5-3-20(4-6-22)21-11-13-30-14-12-21/h3-14,25,27,36H,15-18H2,1-2H3,(H,31,37)(H,32,35)/b33-24+/t25?,27-/m0/s1. The average Bonchev–Trinajstić information content (AvgIpc) is 3.39. The second kappa shape index (κ2) is 13.3. The number of aromatic nitrogens is 1. The normalized spacial score (nSPS) is 16.3. The highest BCUT2D eigenvalue weighted by Gasteiger charge is 2.38. The van der Waals surface area contributed by atoms with Gasteiger partial charge in [0.1, 0.15) is 31.6 Å². The summed E-state index contributed by atoms with van der Waals surface area (Å²) >= 11 is 0. The first-order valence-electron chi connectivity index (χ1n) is 12.7. The van der Waals surface area contributed by atoms with Crippen LogP contribution >= 0.6 is 0 Å². The van der Waals surface area contributed by atoms with Crippen LogP contribution in [0.15, 0.2) is 78.2 Å². The smallest absolute Gasteiger partial charge is 0.254 e. The van der Waals surface area contributed by atoms with Gasteiger partial charge in [-0.2, -0.15) is 0 Å². The van der Waals surface area contributed by atoms with Crippen molar-refractivity contribution in [3.05, 3.63) is 78.6 Å². The van der Waals surface area contributed by atoms with Gasteiger partial charge in [0.05, 0.1) is 12.3 Å². The van der Waals surface area contributed by atoms with Gasteiger partial charge in [-0.15, -0.1) is 0 Å². The fourth-order valence-electron chi connectivity index (χ4n) is 4.29. The van der Waals surface area contributed by atoms with Crippen molar-refractivity contribution in [1.29, 1.82) is 0 Å². The lowest BCUT2D eigenvalue weighted by Crippen LogP contribution is -2.48. The van der Waals surface area contributed by atoms with Gasteiger partial charge in [-0.3, -0.25) is 19.4 Å². The Balaban J connectivity index is 1.34. The molecule has 3 amide bonds. The summed E-state index contributed by atoms with van der Waals surface area (Å²) in [6.07, 6.45) is 2.63. The first-order chi connectivity index (χ1) is 19.3. The highest BCUT2D eigenvalue weighted by molar-refractivity contribution is 6.05. The minimum atomic E-state index is -0.989. The molecule has 1 unspecified atom stereocenters. The fourth-order valence-corrected chi connectivity index (χ4v) is 4.29. The SMILES string of the molecule is CO/N=C1\C[C@@H](C(=O)NCC(O)COc2ccc(NC(C)=O)cc2)N(C(=O)c2ccc(-c3ccncc3)cc2)C1. The van der Waals surface area contributed by atoms with Gasteiger partial charge in [0.15, 0.2) is 0 Å². The van der Waals surface area contributed by atoms with E-state index in [0.717, 1.165) is 11.1 Å². The molecule has 0 radical (unpaired) electrons. The van der Waals surface area contributed by atoms with Crippen LogP contribution in [0.2, 0.25) is 0 Å². The van der Waals surface area contributed by atoms with E-state index in [0.29, 0.717) is 22.7 Å². The molecule has 0 aliphatic carbocycles. The van der Waals surface area contributed by atoms with E-state index < -0.39 is 18.1 Å². The minimum Gasteiger partial charge on any atom is -0.491 e. The monoisotopic (exact) mass is 545 g/mol. The summed E-state index contributed by atoms with van der Waals surface area (Å²) in [7, 11) is 1.41. The predicted molar refractivity (Wildman–Crippen MR) is 149 cm³/mol. The molecule has 1 aliphatic rings. The van der Waals surface area contributed by atoms with Gasteiger partial charge < -0.3 is 30.2 Å². The van der Waals surface area contributed by atoms with Gasteiger partial charge in [-0.05, 0) is 59.7 Å². The van der Waals surface area contributed by atoms with Crippen molar-refractivity contribution in [2.75, 3.05) is 32.1 Å². The van der Waals surface area contributed by atoms with Crippen molar-refractivity contribution >= 4 is 29.1 Å². The zero-order valence-corrected chi connectivity index (χ0v) is 22.2. The van der Waals surface area contributed by atoms with Crippen molar-refractivity contribution < 1.29 is 29.1 Å². The van der Waals surface area contributed by atoms with Crippen LogP contribution in [-0.4, -0.2) is 77.4 Å². The number of ether oxygens (including phenoxy) is 1. The van der Waals surface area contributed by atoms with Gasteiger partial charge in [0.2, 0.25) is 11.8 Å². The highest BCUT2D eigenvalue weighted by Crippen LogP contribution is 2.23. The lowest BCUT2D eigenvalue weighted by Gasteiger charge is -2.24. The molecule has 11 heteroatoms. The fraction of sp³-hybridized carbons (Fsp3) is 0.276. The second-order valence-electron chi connectivity index (χ2n) is 9.22. The minimum absolute atomic E-state index is 0.0622. The number of aliphatic hydroxyl groups is 1.